The standard InChI is InChI=1S/C27H30F2N6O2/c1-26-8-9-27(2,35-26)23(14-4-5-14)18(12-26)31-20-7-6-17(32-33-20)22-19(36)11-16(24(28)25(22)29)15-10-21(37-3)34-30-13-15/h6-7,10-11,13-14,18,23,35-36H,4-5,8-9,12H2,1-3H3,(H,31,33). The van der Waals surface area contributed by atoms with Crippen molar-refractivity contribution in [1.29, 1.82) is 0 Å². The lowest BCUT2D eigenvalue weighted by atomic mass is 9.72. The van der Waals surface area contributed by atoms with Crippen LogP contribution in [0.3, 0.4) is 0 Å². The summed E-state index contributed by atoms with van der Waals surface area (Å²) in [5.41, 5.74) is -0.0502. The lowest BCUT2D eigenvalue weighted by molar-refractivity contribution is 0.121. The summed E-state index contributed by atoms with van der Waals surface area (Å²) in [6.45, 7) is 4.62. The first-order chi connectivity index (χ1) is 17.7. The fourth-order valence-corrected chi connectivity index (χ4v) is 6.65. The smallest absolute Gasteiger partial charge is 0.233 e. The summed E-state index contributed by atoms with van der Waals surface area (Å²) in [6, 6.07) is 6.06. The van der Waals surface area contributed by atoms with Crippen LogP contribution in [0.5, 0.6) is 11.6 Å². The first-order valence-electron chi connectivity index (χ1n) is 12.7. The predicted molar refractivity (Wildman–Crippen MR) is 134 cm³/mol. The Bertz CT molecular complexity index is 1350. The van der Waals surface area contributed by atoms with Crippen LogP contribution in [0, 0.1) is 23.5 Å². The van der Waals surface area contributed by atoms with E-state index in [1.807, 2.05) is 0 Å². The minimum Gasteiger partial charge on any atom is -0.507 e. The number of halogens is 2. The van der Waals surface area contributed by atoms with Gasteiger partial charge in [-0.05, 0) is 76.0 Å². The van der Waals surface area contributed by atoms with Crippen molar-refractivity contribution < 1.29 is 18.6 Å². The van der Waals surface area contributed by atoms with E-state index in [0.29, 0.717) is 17.7 Å². The van der Waals surface area contributed by atoms with E-state index in [1.165, 1.54) is 32.2 Å². The van der Waals surface area contributed by atoms with Crippen LogP contribution >= 0.6 is 0 Å². The summed E-state index contributed by atoms with van der Waals surface area (Å²) < 4.78 is 35.3. The van der Waals surface area contributed by atoms with Crippen molar-refractivity contribution in [2.75, 3.05) is 12.4 Å². The molecular weight excluding hydrogens is 478 g/mol. The zero-order valence-electron chi connectivity index (χ0n) is 21.1. The topological polar surface area (TPSA) is 105 Å². The fourth-order valence-electron chi connectivity index (χ4n) is 6.65. The molecule has 2 aliphatic heterocycles. The molecule has 2 saturated heterocycles. The molecule has 1 saturated carbocycles. The largest absolute Gasteiger partial charge is 0.507 e. The van der Waals surface area contributed by atoms with E-state index in [9.17, 15) is 5.11 Å². The summed E-state index contributed by atoms with van der Waals surface area (Å²) in [4.78, 5) is 0. The highest BCUT2D eigenvalue weighted by molar-refractivity contribution is 5.75. The summed E-state index contributed by atoms with van der Waals surface area (Å²) in [7, 11) is 1.39. The van der Waals surface area contributed by atoms with Crippen molar-refractivity contribution in [2.45, 2.75) is 63.1 Å². The van der Waals surface area contributed by atoms with Gasteiger partial charge in [0.2, 0.25) is 5.88 Å². The molecule has 4 heterocycles. The SMILES string of the molecule is COc1cc(-c2cc(O)c(-c3ccc(NC4CC5(C)CCC(C)(N5)C4C4CC4)nn3)c(F)c2F)cnn1. The maximum atomic E-state index is 15.2. The van der Waals surface area contributed by atoms with Gasteiger partial charge in [-0.25, -0.2) is 8.78 Å². The zero-order valence-corrected chi connectivity index (χ0v) is 21.1. The summed E-state index contributed by atoms with van der Waals surface area (Å²) in [5, 5.41) is 34.0. The highest BCUT2D eigenvalue weighted by Gasteiger charge is 2.58. The second-order valence-corrected chi connectivity index (χ2v) is 11.2. The number of phenolic OH excluding ortho intramolecular Hbond substituents is 1. The second kappa shape index (κ2) is 8.58. The van der Waals surface area contributed by atoms with E-state index < -0.39 is 17.4 Å². The number of piperidine rings is 1. The minimum absolute atomic E-state index is 0.0412. The lowest BCUT2D eigenvalue weighted by Crippen LogP contribution is -2.63. The van der Waals surface area contributed by atoms with E-state index in [1.54, 1.807) is 12.1 Å². The molecule has 3 aliphatic rings. The Hall–Kier alpha value is -3.40. The Kier molecular flexibility index (Phi) is 5.56. The average molecular weight is 509 g/mol. The molecule has 3 fully saturated rings. The number of hydrogen-bond donors (Lipinski definition) is 3. The summed E-state index contributed by atoms with van der Waals surface area (Å²) in [6.07, 6.45) is 7.08. The van der Waals surface area contributed by atoms with Crippen molar-refractivity contribution in [2.24, 2.45) is 11.8 Å². The number of anilines is 1. The normalized spacial score (nSPS) is 28.8. The van der Waals surface area contributed by atoms with Crippen LogP contribution in [0.1, 0.15) is 46.0 Å². The molecule has 2 aromatic heterocycles. The molecule has 4 unspecified atom stereocenters. The molecule has 1 aliphatic carbocycles. The highest BCUT2D eigenvalue weighted by atomic mass is 19.2. The van der Waals surface area contributed by atoms with Crippen LogP contribution in [0.4, 0.5) is 14.6 Å². The van der Waals surface area contributed by atoms with E-state index in [0.717, 1.165) is 25.3 Å². The van der Waals surface area contributed by atoms with Crippen LogP contribution in [0.25, 0.3) is 22.4 Å². The van der Waals surface area contributed by atoms with Gasteiger partial charge in [0.15, 0.2) is 11.6 Å². The Labute approximate surface area is 213 Å². The van der Waals surface area contributed by atoms with E-state index in [2.05, 4.69) is 44.9 Å². The Morgan fingerprint density at radius 1 is 1.08 bits per heavy atom. The monoisotopic (exact) mass is 508 g/mol. The quantitative estimate of drug-likeness (QED) is 0.440. The van der Waals surface area contributed by atoms with Gasteiger partial charge < -0.3 is 20.5 Å². The molecule has 4 atom stereocenters. The summed E-state index contributed by atoms with van der Waals surface area (Å²) in [5.74, 6) is -0.884. The van der Waals surface area contributed by atoms with E-state index in [4.69, 9.17) is 4.74 Å². The molecule has 6 rings (SSSR count). The van der Waals surface area contributed by atoms with Crippen molar-refractivity contribution in [1.82, 2.24) is 25.7 Å². The van der Waals surface area contributed by atoms with E-state index in [-0.39, 0.29) is 45.4 Å². The van der Waals surface area contributed by atoms with Gasteiger partial charge in [-0.1, -0.05) is 0 Å². The van der Waals surface area contributed by atoms with Crippen LogP contribution in [-0.2, 0) is 0 Å². The number of nitrogens with zero attached hydrogens (tertiary/aromatic N) is 4. The van der Waals surface area contributed by atoms with Crippen molar-refractivity contribution in [3.05, 3.63) is 42.1 Å². The van der Waals surface area contributed by atoms with Gasteiger partial charge in [0, 0.05) is 34.3 Å². The second-order valence-electron chi connectivity index (χ2n) is 11.2. The number of ether oxygens (including phenoxy) is 1. The lowest BCUT2D eigenvalue weighted by Gasteiger charge is -2.49. The highest BCUT2D eigenvalue weighted by Crippen LogP contribution is 2.54. The Morgan fingerprint density at radius 3 is 2.59 bits per heavy atom. The number of fused-ring (bicyclic) bond motifs is 2. The molecule has 0 spiro atoms. The van der Waals surface area contributed by atoms with Crippen LogP contribution in [-0.4, -0.2) is 49.7 Å². The molecule has 3 N–H and O–H groups in total. The number of nitrogens with one attached hydrogen (secondary N) is 2. The number of hydrogen-bond acceptors (Lipinski definition) is 8. The number of rotatable bonds is 6. The van der Waals surface area contributed by atoms with Gasteiger partial charge in [0.05, 0.1) is 24.6 Å². The Balaban J connectivity index is 1.27. The molecule has 37 heavy (non-hydrogen) atoms. The number of methoxy groups -OCH3 is 1. The zero-order chi connectivity index (χ0) is 25.9. The van der Waals surface area contributed by atoms with Crippen LogP contribution in [0.2, 0.25) is 0 Å². The number of aromatic nitrogens is 4. The van der Waals surface area contributed by atoms with Crippen molar-refractivity contribution >= 4 is 5.82 Å². The van der Waals surface area contributed by atoms with Crippen molar-refractivity contribution in [3.63, 3.8) is 0 Å². The van der Waals surface area contributed by atoms with Crippen LogP contribution < -0.4 is 15.4 Å². The van der Waals surface area contributed by atoms with Gasteiger partial charge in [-0.15, -0.1) is 15.3 Å². The van der Waals surface area contributed by atoms with Crippen LogP contribution in [0.15, 0.2) is 30.5 Å². The molecule has 0 radical (unpaired) electrons. The maximum Gasteiger partial charge on any atom is 0.233 e. The fraction of sp³-hybridized carbons (Fsp3) is 0.481. The van der Waals surface area contributed by atoms with Crippen molar-refractivity contribution in [3.8, 4) is 34.0 Å². The van der Waals surface area contributed by atoms with Gasteiger partial charge in [-0.2, -0.15) is 5.10 Å². The molecular formula is C27H30F2N6O2. The van der Waals surface area contributed by atoms with Gasteiger partial charge >= 0.3 is 0 Å². The third-order valence-electron chi connectivity index (χ3n) is 8.35. The number of phenols is 1. The maximum absolute atomic E-state index is 15.2. The molecule has 1 aromatic carbocycles. The minimum atomic E-state index is -1.22. The summed E-state index contributed by atoms with van der Waals surface area (Å²) >= 11 is 0. The third kappa shape index (κ3) is 4.17. The molecule has 194 valence electrons. The first kappa shape index (κ1) is 24.0. The molecule has 0 amide bonds. The molecule has 3 aromatic rings. The van der Waals surface area contributed by atoms with Gasteiger partial charge in [-0.3, -0.25) is 0 Å². The average Bonchev–Trinajstić information content (AvgIpc) is 3.67. The molecule has 10 heteroatoms. The first-order valence-corrected chi connectivity index (χ1v) is 12.7. The molecule has 8 nitrogen and oxygen atoms in total. The third-order valence-corrected chi connectivity index (χ3v) is 8.35. The number of benzene rings is 1. The Morgan fingerprint density at radius 2 is 1.89 bits per heavy atom. The molecule has 2 bridgehead atoms. The number of aromatic hydroxyl groups is 1. The van der Waals surface area contributed by atoms with Gasteiger partial charge in [0.1, 0.15) is 11.6 Å². The van der Waals surface area contributed by atoms with E-state index >= 15 is 8.78 Å². The van der Waals surface area contributed by atoms with Gasteiger partial charge in [0.25, 0.3) is 0 Å². The predicted octanol–water partition coefficient (Wildman–Crippen LogP) is 4.70.